The van der Waals surface area contributed by atoms with Gasteiger partial charge in [0.15, 0.2) is 15.6 Å². The van der Waals surface area contributed by atoms with E-state index in [0.29, 0.717) is 0 Å². The maximum atomic E-state index is 11.5. The Hall–Kier alpha value is -1.23. The molecule has 0 spiro atoms. The minimum atomic E-state index is -3.27. The molecule has 1 aromatic heterocycles. The minimum Gasteiger partial charge on any atom is -0.291 e. The first-order valence-electron chi connectivity index (χ1n) is 4.61. The van der Waals surface area contributed by atoms with E-state index in [4.69, 9.17) is 0 Å². The monoisotopic (exact) mass is 227 g/mol. The van der Waals surface area contributed by atoms with Crippen LogP contribution in [0.1, 0.15) is 23.0 Å². The van der Waals surface area contributed by atoms with E-state index in [1.807, 2.05) is 6.92 Å². The first kappa shape index (κ1) is 11.8. The van der Waals surface area contributed by atoms with Crippen molar-refractivity contribution in [3.8, 4) is 0 Å². The smallest absolute Gasteiger partial charge is 0.196 e. The highest BCUT2D eigenvalue weighted by Gasteiger charge is 2.16. The van der Waals surface area contributed by atoms with Crippen molar-refractivity contribution in [3.05, 3.63) is 29.6 Å². The molecule has 0 aliphatic rings. The number of pyridine rings is 1. The number of hydrogen-bond donors (Lipinski definition) is 0. The molecule has 0 radical (unpaired) electrons. The molecular formula is C10H13NO3S. The van der Waals surface area contributed by atoms with Crippen LogP contribution in [-0.2, 0) is 9.84 Å². The molecule has 0 amide bonds. The van der Waals surface area contributed by atoms with Gasteiger partial charge in [0.05, 0.1) is 0 Å². The summed E-state index contributed by atoms with van der Waals surface area (Å²) in [6.07, 6.45) is 1.55. The number of aryl methyl sites for hydroxylation is 1. The second-order valence-corrected chi connectivity index (χ2v) is 5.67. The third kappa shape index (κ3) is 3.43. The Bertz CT molecular complexity index is 448. The number of Topliss-reactive ketones (excluding diaryl/α,β-unsaturated/α-hetero) is 1. The lowest BCUT2D eigenvalue weighted by Crippen LogP contribution is -2.18. The molecule has 0 bridgehead atoms. The van der Waals surface area contributed by atoms with Gasteiger partial charge in [0, 0.05) is 11.9 Å². The van der Waals surface area contributed by atoms with Crippen molar-refractivity contribution in [2.45, 2.75) is 13.8 Å². The van der Waals surface area contributed by atoms with Gasteiger partial charge in [-0.05, 0) is 18.6 Å². The van der Waals surface area contributed by atoms with Crippen LogP contribution in [0.4, 0.5) is 0 Å². The van der Waals surface area contributed by atoms with Crippen LogP contribution >= 0.6 is 0 Å². The maximum absolute atomic E-state index is 11.5. The van der Waals surface area contributed by atoms with Crippen molar-refractivity contribution in [1.29, 1.82) is 0 Å². The molecular weight excluding hydrogens is 214 g/mol. The van der Waals surface area contributed by atoms with Gasteiger partial charge in [0.2, 0.25) is 0 Å². The number of nitrogens with zero attached hydrogens (tertiary/aromatic N) is 1. The molecule has 0 aliphatic heterocycles. The lowest BCUT2D eigenvalue weighted by Gasteiger charge is -2.00. The summed E-state index contributed by atoms with van der Waals surface area (Å²) in [5.41, 5.74) is 1.14. The molecule has 5 heteroatoms. The summed E-state index contributed by atoms with van der Waals surface area (Å²) in [4.78, 5) is 15.4. The van der Waals surface area contributed by atoms with Crippen molar-refractivity contribution in [2.75, 3.05) is 11.5 Å². The van der Waals surface area contributed by atoms with E-state index in [0.717, 1.165) is 5.56 Å². The highest BCUT2D eigenvalue weighted by molar-refractivity contribution is 7.92. The predicted molar refractivity (Wildman–Crippen MR) is 57.6 cm³/mol. The number of hydrogen-bond acceptors (Lipinski definition) is 4. The molecule has 0 saturated carbocycles. The molecule has 1 aromatic rings. The van der Waals surface area contributed by atoms with E-state index in [-0.39, 0.29) is 11.4 Å². The molecule has 1 rings (SSSR count). The molecule has 0 saturated heterocycles. The highest BCUT2D eigenvalue weighted by Crippen LogP contribution is 2.02. The SMILES string of the molecule is CCS(=O)(=O)CC(=O)c1ccc(C)cn1. The molecule has 15 heavy (non-hydrogen) atoms. The van der Waals surface area contributed by atoms with E-state index >= 15 is 0 Å². The van der Waals surface area contributed by atoms with E-state index in [1.165, 1.54) is 6.92 Å². The van der Waals surface area contributed by atoms with Gasteiger partial charge in [0.25, 0.3) is 0 Å². The highest BCUT2D eigenvalue weighted by atomic mass is 32.2. The average molecular weight is 227 g/mol. The van der Waals surface area contributed by atoms with Crippen LogP contribution in [0.5, 0.6) is 0 Å². The first-order chi connectivity index (χ1) is 6.94. The predicted octanol–water partition coefficient (Wildman–Crippen LogP) is 1.01. The molecule has 4 nitrogen and oxygen atoms in total. The average Bonchev–Trinajstić information content (AvgIpc) is 2.18. The van der Waals surface area contributed by atoms with E-state index in [2.05, 4.69) is 4.98 Å². The van der Waals surface area contributed by atoms with Gasteiger partial charge in [-0.1, -0.05) is 13.0 Å². The summed E-state index contributed by atoms with van der Waals surface area (Å²) < 4.78 is 22.4. The Morgan fingerprint density at radius 2 is 2.07 bits per heavy atom. The molecule has 0 atom stereocenters. The van der Waals surface area contributed by atoms with Crippen molar-refractivity contribution >= 4 is 15.6 Å². The van der Waals surface area contributed by atoms with Gasteiger partial charge >= 0.3 is 0 Å². The quantitative estimate of drug-likeness (QED) is 0.720. The Balaban J connectivity index is 2.83. The number of carbonyl (C=O) groups excluding carboxylic acids is 1. The van der Waals surface area contributed by atoms with Crippen molar-refractivity contribution in [3.63, 3.8) is 0 Å². The summed E-state index contributed by atoms with van der Waals surface area (Å²) in [5.74, 6) is -0.929. The third-order valence-electron chi connectivity index (χ3n) is 1.99. The lowest BCUT2D eigenvalue weighted by molar-refractivity contribution is 0.101. The lowest BCUT2D eigenvalue weighted by atomic mass is 10.2. The molecule has 0 fully saturated rings. The summed E-state index contributed by atoms with van der Waals surface area (Å²) in [7, 11) is -3.27. The van der Waals surface area contributed by atoms with Crippen molar-refractivity contribution < 1.29 is 13.2 Å². The summed E-state index contributed by atoms with van der Waals surface area (Å²) in [6.45, 7) is 3.37. The fourth-order valence-electron chi connectivity index (χ4n) is 1.01. The first-order valence-corrected chi connectivity index (χ1v) is 6.43. The second kappa shape index (κ2) is 4.53. The van der Waals surface area contributed by atoms with Crippen LogP contribution in [0, 0.1) is 6.92 Å². The Kier molecular flexibility index (Phi) is 3.57. The molecule has 1 heterocycles. The van der Waals surface area contributed by atoms with Crippen LogP contribution in [-0.4, -0.2) is 30.7 Å². The molecule has 0 N–H and O–H groups in total. The van der Waals surface area contributed by atoms with E-state index in [1.54, 1.807) is 18.3 Å². The van der Waals surface area contributed by atoms with Crippen LogP contribution < -0.4 is 0 Å². The van der Waals surface area contributed by atoms with Crippen molar-refractivity contribution in [2.24, 2.45) is 0 Å². The molecule has 82 valence electrons. The molecule has 0 aliphatic carbocycles. The number of rotatable bonds is 4. The Morgan fingerprint density at radius 1 is 1.40 bits per heavy atom. The molecule has 0 aromatic carbocycles. The normalized spacial score (nSPS) is 11.3. The van der Waals surface area contributed by atoms with E-state index < -0.39 is 21.4 Å². The standard InChI is InChI=1S/C10H13NO3S/c1-3-15(13,14)7-10(12)9-5-4-8(2)6-11-9/h4-6H,3,7H2,1-2H3. The van der Waals surface area contributed by atoms with Gasteiger partial charge in [-0.25, -0.2) is 8.42 Å². The van der Waals surface area contributed by atoms with E-state index in [9.17, 15) is 13.2 Å². The Morgan fingerprint density at radius 3 is 2.53 bits per heavy atom. The van der Waals surface area contributed by atoms with Crippen LogP contribution in [0.15, 0.2) is 18.3 Å². The van der Waals surface area contributed by atoms with Crippen molar-refractivity contribution in [1.82, 2.24) is 4.98 Å². The van der Waals surface area contributed by atoms with Gasteiger partial charge in [0.1, 0.15) is 11.4 Å². The summed E-state index contributed by atoms with van der Waals surface area (Å²) >= 11 is 0. The largest absolute Gasteiger partial charge is 0.291 e. The summed E-state index contributed by atoms with van der Waals surface area (Å²) in [5, 5.41) is 0. The summed E-state index contributed by atoms with van der Waals surface area (Å²) in [6, 6.07) is 3.28. The van der Waals surface area contributed by atoms with Crippen LogP contribution in [0.2, 0.25) is 0 Å². The zero-order valence-corrected chi connectivity index (χ0v) is 9.54. The third-order valence-corrected chi connectivity index (χ3v) is 3.57. The number of sulfone groups is 1. The van der Waals surface area contributed by atoms with Gasteiger partial charge in [-0.15, -0.1) is 0 Å². The number of aromatic nitrogens is 1. The topological polar surface area (TPSA) is 64.1 Å². The Labute approximate surface area is 89.3 Å². The zero-order chi connectivity index (χ0) is 11.5. The number of ketones is 1. The van der Waals surface area contributed by atoms with Crippen LogP contribution in [0.3, 0.4) is 0 Å². The molecule has 0 unspecified atom stereocenters. The maximum Gasteiger partial charge on any atom is 0.196 e. The van der Waals surface area contributed by atoms with Gasteiger partial charge in [-0.3, -0.25) is 9.78 Å². The van der Waals surface area contributed by atoms with Gasteiger partial charge < -0.3 is 0 Å². The minimum absolute atomic E-state index is 0.0232. The van der Waals surface area contributed by atoms with Crippen LogP contribution in [0.25, 0.3) is 0 Å². The fraction of sp³-hybridized carbons (Fsp3) is 0.400. The second-order valence-electron chi connectivity index (χ2n) is 3.32. The zero-order valence-electron chi connectivity index (χ0n) is 8.73. The van der Waals surface area contributed by atoms with Gasteiger partial charge in [-0.2, -0.15) is 0 Å². The number of carbonyl (C=O) groups is 1. The fourth-order valence-corrected chi connectivity index (χ4v) is 1.76.